The second-order valence-electron chi connectivity index (χ2n) is 7.94. The Balaban J connectivity index is 1.52. The normalized spacial score (nSPS) is 22.9. The molecule has 2 aromatic carbocycles. The van der Waals surface area contributed by atoms with Gasteiger partial charge in [-0.25, -0.2) is 13.6 Å². The second kappa shape index (κ2) is 7.55. The molecule has 2 bridgehead atoms. The van der Waals surface area contributed by atoms with Gasteiger partial charge in [0.1, 0.15) is 0 Å². The summed E-state index contributed by atoms with van der Waals surface area (Å²) in [5, 5.41) is 5.62. The van der Waals surface area contributed by atoms with Gasteiger partial charge in [-0.15, -0.1) is 0 Å². The molecule has 4 nitrogen and oxygen atoms in total. The summed E-state index contributed by atoms with van der Waals surface area (Å²) in [6.07, 6.45) is 4.79. The first-order chi connectivity index (χ1) is 12.9. The number of piperidine rings is 1. The average molecular weight is 405 g/mol. The molecule has 0 saturated carbocycles. The number of sulfonamides is 1. The monoisotopic (exact) mass is 404 g/mol. The van der Waals surface area contributed by atoms with Crippen LogP contribution in [0.2, 0.25) is 5.02 Å². The minimum atomic E-state index is -3.58. The Bertz CT molecular complexity index is 945. The van der Waals surface area contributed by atoms with Gasteiger partial charge in [0, 0.05) is 24.2 Å². The minimum Gasteiger partial charge on any atom is -0.296 e. The number of fused-ring (bicyclic) bond motifs is 2. The highest BCUT2D eigenvalue weighted by molar-refractivity contribution is 7.88. The zero-order valence-corrected chi connectivity index (χ0v) is 16.8. The first-order valence-electron chi connectivity index (χ1n) is 9.46. The van der Waals surface area contributed by atoms with Crippen LogP contribution in [0.25, 0.3) is 0 Å². The molecule has 0 radical (unpaired) electrons. The topological polar surface area (TPSA) is 63.4 Å². The van der Waals surface area contributed by atoms with Gasteiger partial charge in [0.05, 0.1) is 5.75 Å². The minimum absolute atomic E-state index is 0.225. The van der Waals surface area contributed by atoms with Gasteiger partial charge >= 0.3 is 0 Å². The van der Waals surface area contributed by atoms with E-state index in [0.717, 1.165) is 31.5 Å². The smallest absolute Gasteiger partial charge is 0.213 e. The molecule has 2 heterocycles. The van der Waals surface area contributed by atoms with Gasteiger partial charge in [-0.1, -0.05) is 48.0 Å². The van der Waals surface area contributed by atoms with Gasteiger partial charge in [0.2, 0.25) is 10.0 Å². The molecule has 2 unspecified atom stereocenters. The van der Waals surface area contributed by atoms with Crippen LogP contribution in [-0.2, 0) is 35.2 Å². The maximum absolute atomic E-state index is 11.3. The molecular weight excluding hydrogens is 380 g/mol. The van der Waals surface area contributed by atoms with Crippen molar-refractivity contribution in [1.82, 2.24) is 4.90 Å². The van der Waals surface area contributed by atoms with Crippen molar-refractivity contribution >= 4 is 21.6 Å². The SMILES string of the molecule is NS(=O)(=O)Cc1ccc(CN2CC3CCC2Cc2ccccc2C3)cc1Cl. The highest BCUT2D eigenvalue weighted by Crippen LogP contribution is 2.33. The molecule has 27 heavy (non-hydrogen) atoms. The van der Waals surface area contributed by atoms with Crippen molar-refractivity contribution in [2.45, 2.75) is 44.0 Å². The Kier molecular flexibility index (Phi) is 5.30. The van der Waals surface area contributed by atoms with E-state index in [1.54, 1.807) is 6.07 Å². The predicted molar refractivity (Wildman–Crippen MR) is 109 cm³/mol. The molecule has 144 valence electrons. The van der Waals surface area contributed by atoms with Gasteiger partial charge in [0.25, 0.3) is 0 Å². The average Bonchev–Trinajstić information content (AvgIpc) is 2.57. The maximum atomic E-state index is 11.3. The molecule has 0 amide bonds. The molecule has 3 aliphatic rings. The van der Waals surface area contributed by atoms with E-state index in [9.17, 15) is 8.42 Å². The van der Waals surface area contributed by atoms with Crippen molar-refractivity contribution < 1.29 is 8.42 Å². The summed E-state index contributed by atoms with van der Waals surface area (Å²) in [7, 11) is -3.58. The predicted octanol–water partition coefficient (Wildman–Crippen LogP) is 3.51. The fourth-order valence-electron chi connectivity index (χ4n) is 4.55. The largest absolute Gasteiger partial charge is 0.296 e. The molecule has 6 heteroatoms. The lowest BCUT2D eigenvalue weighted by Crippen LogP contribution is -2.46. The Labute approximate surface area is 166 Å². The Morgan fingerprint density at radius 3 is 2.52 bits per heavy atom. The fourth-order valence-corrected chi connectivity index (χ4v) is 5.59. The van der Waals surface area contributed by atoms with E-state index in [2.05, 4.69) is 29.2 Å². The van der Waals surface area contributed by atoms with Gasteiger partial charge in [-0.2, -0.15) is 0 Å². The Morgan fingerprint density at radius 1 is 1.07 bits per heavy atom. The van der Waals surface area contributed by atoms with E-state index in [4.69, 9.17) is 16.7 Å². The van der Waals surface area contributed by atoms with Crippen molar-refractivity contribution in [3.05, 3.63) is 69.7 Å². The first kappa shape index (κ1) is 18.9. The van der Waals surface area contributed by atoms with Crippen LogP contribution in [0.15, 0.2) is 42.5 Å². The molecule has 0 spiro atoms. The third kappa shape index (κ3) is 4.54. The van der Waals surface area contributed by atoms with Crippen molar-refractivity contribution in [2.75, 3.05) is 6.54 Å². The Morgan fingerprint density at radius 2 is 1.81 bits per heavy atom. The highest BCUT2D eigenvalue weighted by Gasteiger charge is 2.31. The lowest BCUT2D eigenvalue weighted by Gasteiger charge is -2.42. The summed E-state index contributed by atoms with van der Waals surface area (Å²) < 4.78 is 22.6. The molecule has 2 aliphatic heterocycles. The molecule has 0 aromatic heterocycles. The summed E-state index contributed by atoms with van der Waals surface area (Å²) in [4.78, 5) is 2.58. The number of benzene rings is 2. The molecule has 2 N–H and O–H groups in total. The molecule has 1 aliphatic carbocycles. The van der Waals surface area contributed by atoms with E-state index in [1.165, 1.54) is 24.0 Å². The van der Waals surface area contributed by atoms with Crippen LogP contribution >= 0.6 is 11.6 Å². The summed E-state index contributed by atoms with van der Waals surface area (Å²) in [5.74, 6) is 0.469. The van der Waals surface area contributed by atoms with Gasteiger partial charge in [-0.05, 0) is 59.9 Å². The lowest BCUT2D eigenvalue weighted by atomic mass is 9.80. The number of rotatable bonds is 4. The summed E-state index contributed by atoms with van der Waals surface area (Å²) in [6.45, 7) is 1.95. The molecule has 2 aromatic rings. The van der Waals surface area contributed by atoms with E-state index in [0.29, 0.717) is 22.5 Å². The Hall–Kier alpha value is -1.40. The van der Waals surface area contributed by atoms with E-state index in [-0.39, 0.29) is 5.75 Å². The number of hydrogen-bond donors (Lipinski definition) is 1. The van der Waals surface area contributed by atoms with Crippen LogP contribution in [0.4, 0.5) is 0 Å². The third-order valence-electron chi connectivity index (χ3n) is 5.86. The molecule has 1 saturated heterocycles. The quantitative estimate of drug-likeness (QED) is 0.848. The van der Waals surface area contributed by atoms with Crippen LogP contribution in [0.5, 0.6) is 0 Å². The fraction of sp³-hybridized carbons (Fsp3) is 0.429. The first-order valence-corrected chi connectivity index (χ1v) is 11.6. The van der Waals surface area contributed by atoms with Gasteiger partial charge in [-0.3, -0.25) is 4.90 Å². The van der Waals surface area contributed by atoms with E-state index < -0.39 is 10.0 Å². The van der Waals surface area contributed by atoms with Crippen LogP contribution in [-0.4, -0.2) is 25.9 Å². The zero-order chi connectivity index (χ0) is 19.0. The van der Waals surface area contributed by atoms with Crippen molar-refractivity contribution in [1.29, 1.82) is 0 Å². The van der Waals surface area contributed by atoms with Crippen molar-refractivity contribution in [2.24, 2.45) is 11.1 Å². The van der Waals surface area contributed by atoms with Crippen LogP contribution < -0.4 is 5.14 Å². The van der Waals surface area contributed by atoms with Crippen LogP contribution in [0.3, 0.4) is 0 Å². The second-order valence-corrected chi connectivity index (χ2v) is 9.96. The number of nitrogens with zero attached hydrogens (tertiary/aromatic N) is 1. The van der Waals surface area contributed by atoms with E-state index in [1.807, 2.05) is 12.1 Å². The number of halogens is 1. The number of nitrogens with two attached hydrogens (primary N) is 1. The molecule has 1 fully saturated rings. The van der Waals surface area contributed by atoms with Crippen LogP contribution in [0, 0.1) is 5.92 Å². The molecular formula is C21H25ClN2O2S. The third-order valence-corrected chi connectivity index (χ3v) is 6.92. The van der Waals surface area contributed by atoms with Crippen LogP contribution in [0.1, 0.15) is 35.1 Å². The standard InChI is InChI=1S/C21H25ClN2O2S/c22-21-10-16(5-7-19(21)14-27(23,25)26)13-24-12-15-6-8-20(24)11-18-4-2-1-3-17(18)9-15/h1-5,7,10,15,20H,6,8-9,11-14H2,(H2,23,25,26). The van der Waals surface area contributed by atoms with Crippen molar-refractivity contribution in [3.8, 4) is 0 Å². The lowest BCUT2D eigenvalue weighted by molar-refractivity contribution is 0.0938. The maximum Gasteiger partial charge on any atom is 0.213 e. The van der Waals surface area contributed by atoms with Crippen molar-refractivity contribution in [3.63, 3.8) is 0 Å². The van der Waals surface area contributed by atoms with Gasteiger partial charge in [0.15, 0.2) is 0 Å². The highest BCUT2D eigenvalue weighted by atomic mass is 35.5. The summed E-state index contributed by atoms with van der Waals surface area (Å²) in [6, 6.07) is 15.1. The summed E-state index contributed by atoms with van der Waals surface area (Å²) in [5.41, 5.74) is 4.68. The number of hydrogen-bond acceptors (Lipinski definition) is 3. The zero-order valence-electron chi connectivity index (χ0n) is 15.3. The van der Waals surface area contributed by atoms with Gasteiger partial charge < -0.3 is 0 Å². The summed E-state index contributed by atoms with van der Waals surface area (Å²) >= 11 is 6.32. The van der Waals surface area contributed by atoms with E-state index >= 15 is 0 Å². The number of primary sulfonamides is 1. The molecule has 2 atom stereocenters. The molecule has 5 rings (SSSR count).